The first-order valence-corrected chi connectivity index (χ1v) is 8.97. The molecule has 0 unspecified atom stereocenters. The van der Waals surface area contributed by atoms with Crippen LogP contribution in [0.2, 0.25) is 0 Å². The van der Waals surface area contributed by atoms with Gasteiger partial charge >= 0.3 is 0 Å². The van der Waals surface area contributed by atoms with Gasteiger partial charge in [-0.15, -0.1) is 0 Å². The van der Waals surface area contributed by atoms with Gasteiger partial charge < -0.3 is 10.2 Å². The monoisotopic (exact) mass is 360 g/mol. The van der Waals surface area contributed by atoms with Crippen molar-refractivity contribution in [1.29, 1.82) is 0 Å². The molecule has 0 spiro atoms. The zero-order valence-corrected chi connectivity index (χ0v) is 15.9. The standard InChI is InChI=1S/C22H24N4O/c1-16-5-4-6-21(17(16)2)25-20-13-19(14-24-15-20)22(27)26(3)12-9-18-7-10-23-11-8-18/h4-8,10-11,13-15,25H,9,12H2,1-3H3. The average Bonchev–Trinajstić information content (AvgIpc) is 2.70. The van der Waals surface area contributed by atoms with Crippen LogP contribution in [-0.2, 0) is 6.42 Å². The van der Waals surface area contributed by atoms with Crippen molar-refractivity contribution < 1.29 is 4.79 Å². The van der Waals surface area contributed by atoms with Crippen LogP contribution < -0.4 is 5.32 Å². The Balaban J connectivity index is 1.68. The van der Waals surface area contributed by atoms with E-state index in [-0.39, 0.29) is 5.91 Å². The highest BCUT2D eigenvalue weighted by Gasteiger charge is 2.13. The first kappa shape index (κ1) is 18.6. The number of hydrogen-bond donors (Lipinski definition) is 1. The maximum absolute atomic E-state index is 12.7. The third-order valence-corrected chi connectivity index (χ3v) is 4.70. The lowest BCUT2D eigenvalue weighted by Gasteiger charge is -2.18. The minimum Gasteiger partial charge on any atom is -0.354 e. The van der Waals surface area contributed by atoms with Crippen LogP contribution in [0.1, 0.15) is 27.0 Å². The van der Waals surface area contributed by atoms with E-state index < -0.39 is 0 Å². The fourth-order valence-electron chi connectivity index (χ4n) is 2.84. The number of anilines is 2. The molecule has 1 aromatic carbocycles. The van der Waals surface area contributed by atoms with Crippen LogP contribution in [0.3, 0.4) is 0 Å². The van der Waals surface area contributed by atoms with Crippen molar-refractivity contribution in [2.45, 2.75) is 20.3 Å². The fourth-order valence-corrected chi connectivity index (χ4v) is 2.84. The second kappa shape index (κ2) is 8.45. The van der Waals surface area contributed by atoms with Crippen molar-refractivity contribution >= 4 is 17.3 Å². The van der Waals surface area contributed by atoms with Gasteiger partial charge in [-0.1, -0.05) is 12.1 Å². The summed E-state index contributed by atoms with van der Waals surface area (Å²) < 4.78 is 0. The molecule has 0 radical (unpaired) electrons. The Morgan fingerprint density at radius 3 is 2.63 bits per heavy atom. The molecule has 0 aliphatic heterocycles. The second-order valence-corrected chi connectivity index (χ2v) is 6.67. The van der Waals surface area contributed by atoms with E-state index in [1.54, 1.807) is 29.7 Å². The normalized spacial score (nSPS) is 10.5. The second-order valence-electron chi connectivity index (χ2n) is 6.67. The smallest absolute Gasteiger partial charge is 0.255 e. The number of rotatable bonds is 6. The highest BCUT2D eigenvalue weighted by atomic mass is 16.2. The summed E-state index contributed by atoms with van der Waals surface area (Å²) in [4.78, 5) is 22.7. The topological polar surface area (TPSA) is 58.1 Å². The third kappa shape index (κ3) is 4.70. The quantitative estimate of drug-likeness (QED) is 0.717. The predicted molar refractivity (Wildman–Crippen MR) is 108 cm³/mol. The number of nitrogens with zero attached hydrogens (tertiary/aromatic N) is 3. The zero-order chi connectivity index (χ0) is 19.2. The maximum atomic E-state index is 12.7. The number of aryl methyl sites for hydroxylation is 1. The molecule has 2 aromatic heterocycles. The first-order chi connectivity index (χ1) is 13.0. The van der Waals surface area contributed by atoms with Gasteiger partial charge in [-0.05, 0) is 61.2 Å². The first-order valence-electron chi connectivity index (χ1n) is 8.97. The minimum absolute atomic E-state index is 0.0406. The van der Waals surface area contributed by atoms with Crippen molar-refractivity contribution in [3.63, 3.8) is 0 Å². The summed E-state index contributed by atoms with van der Waals surface area (Å²) in [7, 11) is 1.81. The number of hydrogen-bond acceptors (Lipinski definition) is 4. The van der Waals surface area contributed by atoms with E-state index in [2.05, 4.69) is 35.2 Å². The van der Waals surface area contributed by atoms with E-state index in [4.69, 9.17) is 0 Å². The Morgan fingerprint density at radius 2 is 1.85 bits per heavy atom. The molecule has 5 heteroatoms. The highest BCUT2D eigenvalue weighted by molar-refractivity contribution is 5.94. The van der Waals surface area contributed by atoms with Gasteiger partial charge in [0.1, 0.15) is 0 Å². The molecule has 0 bridgehead atoms. The van der Waals surface area contributed by atoms with Gasteiger partial charge in [-0.3, -0.25) is 14.8 Å². The highest BCUT2D eigenvalue weighted by Crippen LogP contribution is 2.23. The minimum atomic E-state index is -0.0406. The molecule has 0 saturated heterocycles. The van der Waals surface area contributed by atoms with Gasteiger partial charge in [0, 0.05) is 37.9 Å². The molecule has 0 atom stereocenters. The van der Waals surface area contributed by atoms with Crippen LogP contribution in [0.5, 0.6) is 0 Å². The Kier molecular flexibility index (Phi) is 5.81. The molecule has 0 fully saturated rings. The molecular weight excluding hydrogens is 336 g/mol. The van der Waals surface area contributed by atoms with Crippen molar-refractivity contribution in [3.8, 4) is 0 Å². The lowest BCUT2D eigenvalue weighted by molar-refractivity contribution is 0.0796. The Bertz CT molecular complexity index is 925. The Hall–Kier alpha value is -3.21. The van der Waals surface area contributed by atoms with Crippen LogP contribution in [0.4, 0.5) is 11.4 Å². The lowest BCUT2D eigenvalue weighted by atomic mass is 10.1. The molecule has 0 aliphatic rings. The van der Waals surface area contributed by atoms with Crippen molar-refractivity contribution in [1.82, 2.24) is 14.9 Å². The number of nitrogens with one attached hydrogen (secondary N) is 1. The average molecular weight is 360 g/mol. The number of amides is 1. The number of carbonyl (C=O) groups is 1. The van der Waals surface area contributed by atoms with Crippen LogP contribution in [0.25, 0.3) is 0 Å². The maximum Gasteiger partial charge on any atom is 0.255 e. The molecule has 5 nitrogen and oxygen atoms in total. The van der Waals surface area contributed by atoms with Gasteiger partial charge in [0.25, 0.3) is 5.91 Å². The van der Waals surface area contributed by atoms with Gasteiger partial charge in [-0.2, -0.15) is 0 Å². The van der Waals surface area contributed by atoms with E-state index in [9.17, 15) is 4.79 Å². The van der Waals surface area contributed by atoms with Crippen LogP contribution in [0.15, 0.2) is 61.2 Å². The number of likely N-dealkylation sites (N-methyl/N-ethyl adjacent to an activating group) is 1. The van der Waals surface area contributed by atoms with Crippen molar-refractivity contribution in [2.24, 2.45) is 0 Å². The van der Waals surface area contributed by atoms with E-state index in [0.717, 1.165) is 23.4 Å². The molecule has 1 N–H and O–H groups in total. The van der Waals surface area contributed by atoms with E-state index in [1.807, 2.05) is 37.4 Å². The van der Waals surface area contributed by atoms with Gasteiger partial charge in [0.15, 0.2) is 0 Å². The van der Waals surface area contributed by atoms with Crippen LogP contribution >= 0.6 is 0 Å². The summed E-state index contributed by atoms with van der Waals surface area (Å²) >= 11 is 0. The van der Waals surface area contributed by atoms with Crippen LogP contribution in [-0.4, -0.2) is 34.4 Å². The molecule has 1 amide bonds. The van der Waals surface area contributed by atoms with E-state index >= 15 is 0 Å². The molecule has 3 rings (SSSR count). The molecule has 3 aromatic rings. The SMILES string of the molecule is Cc1cccc(Nc2cncc(C(=O)N(C)CCc3ccncc3)c2)c1C. The summed E-state index contributed by atoms with van der Waals surface area (Å²) in [5.74, 6) is -0.0406. The third-order valence-electron chi connectivity index (χ3n) is 4.70. The van der Waals surface area contributed by atoms with Crippen molar-refractivity contribution in [3.05, 3.63) is 83.4 Å². The zero-order valence-electron chi connectivity index (χ0n) is 15.9. The van der Waals surface area contributed by atoms with E-state index in [0.29, 0.717) is 12.1 Å². The predicted octanol–water partition coefficient (Wildman–Crippen LogP) is 4.15. The summed E-state index contributed by atoms with van der Waals surface area (Å²) in [6, 6.07) is 11.9. The van der Waals surface area contributed by atoms with E-state index in [1.165, 1.54) is 11.1 Å². The summed E-state index contributed by atoms with van der Waals surface area (Å²) in [5.41, 5.74) is 5.96. The number of carbonyl (C=O) groups excluding carboxylic acids is 1. The van der Waals surface area contributed by atoms with Gasteiger partial charge in [0.05, 0.1) is 17.4 Å². The Labute approximate surface area is 160 Å². The van der Waals surface area contributed by atoms with Gasteiger partial charge in [-0.25, -0.2) is 0 Å². The summed E-state index contributed by atoms with van der Waals surface area (Å²) in [6.45, 7) is 4.79. The molecule has 27 heavy (non-hydrogen) atoms. The Morgan fingerprint density at radius 1 is 1.07 bits per heavy atom. The molecule has 2 heterocycles. The summed E-state index contributed by atoms with van der Waals surface area (Å²) in [6.07, 6.45) is 7.67. The van der Waals surface area contributed by atoms with Crippen molar-refractivity contribution in [2.75, 3.05) is 18.9 Å². The number of aromatic nitrogens is 2. The van der Waals surface area contributed by atoms with Gasteiger partial charge in [0.2, 0.25) is 0 Å². The number of benzene rings is 1. The molecule has 0 aliphatic carbocycles. The largest absolute Gasteiger partial charge is 0.354 e. The molecular formula is C22H24N4O. The molecule has 0 saturated carbocycles. The summed E-state index contributed by atoms with van der Waals surface area (Å²) in [5, 5.41) is 3.36. The number of pyridine rings is 2. The van der Waals surface area contributed by atoms with Crippen LogP contribution in [0, 0.1) is 13.8 Å². The fraction of sp³-hybridized carbons (Fsp3) is 0.227. The molecule has 138 valence electrons. The lowest BCUT2D eigenvalue weighted by Crippen LogP contribution is -2.29.